The van der Waals surface area contributed by atoms with Crippen LogP contribution in [0.15, 0.2) is 79.0 Å². The average molecular weight is 473 g/mol. The summed E-state index contributed by atoms with van der Waals surface area (Å²) in [6.45, 7) is 2.56. The fraction of sp³-hybridized carbons (Fsp3) is 0.241. The number of aromatic hydroxyl groups is 1. The minimum absolute atomic E-state index is 0.0631. The minimum Gasteiger partial charge on any atom is -0.505 e. The normalized spacial score (nSPS) is 11.8. The number of nitrogens with zero attached hydrogens (tertiary/aromatic N) is 1. The second-order valence-corrected chi connectivity index (χ2v) is 8.48. The molecule has 0 spiro atoms. The molecule has 0 saturated heterocycles. The Morgan fingerprint density at radius 2 is 1.77 bits per heavy atom. The third kappa shape index (κ3) is 5.96. The number of anilines is 1. The van der Waals surface area contributed by atoms with Crippen molar-refractivity contribution in [3.05, 3.63) is 102 Å². The van der Waals surface area contributed by atoms with E-state index in [1.165, 1.54) is 12.1 Å². The standard InChI is InChI=1S/C29H29FN2O3/c1-2-3-4-5-19-35-29(34)22-10-15-24(16-11-22)32-26(21-8-13-23(30)14-9-21)25-17-12-20-7-6-18-31-27(20)28(25)33/h6-18,26,32-33H,2-5,19H2,1H3. The van der Waals surface area contributed by atoms with Crippen molar-refractivity contribution in [3.63, 3.8) is 0 Å². The highest BCUT2D eigenvalue weighted by atomic mass is 19.1. The van der Waals surface area contributed by atoms with Gasteiger partial charge in [-0.15, -0.1) is 0 Å². The first-order valence-electron chi connectivity index (χ1n) is 11.9. The molecule has 35 heavy (non-hydrogen) atoms. The first kappa shape index (κ1) is 24.2. The van der Waals surface area contributed by atoms with Crippen molar-refractivity contribution in [2.24, 2.45) is 0 Å². The molecule has 3 aromatic carbocycles. The maximum absolute atomic E-state index is 13.6. The first-order chi connectivity index (χ1) is 17.1. The Balaban J connectivity index is 1.56. The minimum atomic E-state index is -0.474. The van der Waals surface area contributed by atoms with E-state index in [0.717, 1.165) is 42.3 Å². The van der Waals surface area contributed by atoms with E-state index >= 15 is 0 Å². The third-order valence-corrected chi connectivity index (χ3v) is 5.96. The number of rotatable bonds is 10. The van der Waals surface area contributed by atoms with E-state index in [2.05, 4.69) is 17.2 Å². The van der Waals surface area contributed by atoms with Gasteiger partial charge in [0.05, 0.1) is 18.2 Å². The Bertz CT molecular complexity index is 1270. The number of hydrogen-bond acceptors (Lipinski definition) is 5. The molecule has 2 N–H and O–H groups in total. The van der Waals surface area contributed by atoms with Crippen LogP contribution in [0.4, 0.5) is 10.1 Å². The van der Waals surface area contributed by atoms with Gasteiger partial charge in [-0.3, -0.25) is 4.98 Å². The highest BCUT2D eigenvalue weighted by molar-refractivity contribution is 5.90. The molecule has 1 atom stereocenters. The zero-order valence-corrected chi connectivity index (χ0v) is 19.7. The van der Waals surface area contributed by atoms with Crippen molar-refractivity contribution in [2.75, 3.05) is 11.9 Å². The maximum Gasteiger partial charge on any atom is 0.338 e. The van der Waals surface area contributed by atoms with Crippen molar-refractivity contribution in [2.45, 2.75) is 38.6 Å². The molecule has 4 aromatic rings. The lowest BCUT2D eigenvalue weighted by Gasteiger charge is -2.22. The van der Waals surface area contributed by atoms with Gasteiger partial charge in [0.25, 0.3) is 0 Å². The number of fused-ring (bicyclic) bond motifs is 1. The molecular weight excluding hydrogens is 443 g/mol. The molecule has 1 aromatic heterocycles. The largest absolute Gasteiger partial charge is 0.505 e. The van der Waals surface area contributed by atoms with Gasteiger partial charge in [-0.25, -0.2) is 9.18 Å². The highest BCUT2D eigenvalue weighted by Gasteiger charge is 2.20. The van der Waals surface area contributed by atoms with Gasteiger partial charge in [0.1, 0.15) is 17.1 Å². The van der Waals surface area contributed by atoms with Gasteiger partial charge in [0.15, 0.2) is 0 Å². The molecule has 0 aliphatic heterocycles. The molecular formula is C29H29FN2O3. The molecule has 0 aliphatic rings. The fourth-order valence-corrected chi connectivity index (χ4v) is 4.02. The number of esters is 1. The van der Waals surface area contributed by atoms with E-state index in [0.29, 0.717) is 23.3 Å². The fourth-order valence-electron chi connectivity index (χ4n) is 4.02. The Morgan fingerprint density at radius 1 is 1.00 bits per heavy atom. The van der Waals surface area contributed by atoms with Crippen LogP contribution in [0.2, 0.25) is 0 Å². The summed E-state index contributed by atoms with van der Waals surface area (Å²) in [7, 11) is 0. The zero-order valence-electron chi connectivity index (χ0n) is 19.7. The van der Waals surface area contributed by atoms with Crippen molar-refractivity contribution in [1.29, 1.82) is 0 Å². The van der Waals surface area contributed by atoms with Crippen molar-refractivity contribution >= 4 is 22.6 Å². The number of pyridine rings is 1. The lowest BCUT2D eigenvalue weighted by Crippen LogP contribution is -2.13. The van der Waals surface area contributed by atoms with Gasteiger partial charge in [-0.1, -0.05) is 56.5 Å². The Kier molecular flexibility index (Phi) is 7.93. The van der Waals surface area contributed by atoms with E-state index in [4.69, 9.17) is 4.74 Å². The number of nitrogens with one attached hydrogen (secondary N) is 1. The van der Waals surface area contributed by atoms with Crippen molar-refractivity contribution in [3.8, 4) is 5.75 Å². The lowest BCUT2D eigenvalue weighted by atomic mass is 9.96. The first-order valence-corrected chi connectivity index (χ1v) is 11.9. The summed E-state index contributed by atoms with van der Waals surface area (Å²) in [5.41, 5.74) is 3.09. The van der Waals surface area contributed by atoms with E-state index in [9.17, 15) is 14.3 Å². The van der Waals surface area contributed by atoms with Gasteiger partial charge >= 0.3 is 5.97 Å². The molecule has 0 amide bonds. The molecule has 1 unspecified atom stereocenters. The Hall–Kier alpha value is -3.93. The number of ether oxygens (including phenoxy) is 1. The highest BCUT2D eigenvalue weighted by Crippen LogP contribution is 2.36. The van der Waals surface area contributed by atoms with E-state index in [-0.39, 0.29) is 17.5 Å². The van der Waals surface area contributed by atoms with Gasteiger partial charge in [-0.2, -0.15) is 0 Å². The number of phenolic OH excluding ortho intramolecular Hbond substituents is 1. The number of carbonyl (C=O) groups excluding carboxylic acids is 1. The maximum atomic E-state index is 13.6. The molecule has 0 radical (unpaired) electrons. The quantitative estimate of drug-likeness (QED) is 0.192. The molecule has 0 saturated carbocycles. The van der Waals surface area contributed by atoms with Crippen LogP contribution in [-0.4, -0.2) is 22.7 Å². The van der Waals surface area contributed by atoms with E-state index < -0.39 is 6.04 Å². The Labute approximate surface area is 204 Å². The molecule has 4 rings (SSSR count). The number of halogens is 1. The van der Waals surface area contributed by atoms with Crippen LogP contribution in [-0.2, 0) is 4.74 Å². The van der Waals surface area contributed by atoms with E-state index in [1.807, 2.05) is 24.3 Å². The van der Waals surface area contributed by atoms with E-state index in [1.54, 1.807) is 42.6 Å². The number of hydrogen-bond donors (Lipinski definition) is 2. The molecule has 6 heteroatoms. The monoisotopic (exact) mass is 472 g/mol. The van der Waals surface area contributed by atoms with Crippen molar-refractivity contribution in [1.82, 2.24) is 4.98 Å². The molecule has 0 fully saturated rings. The van der Waals surface area contributed by atoms with Gasteiger partial charge in [0, 0.05) is 22.8 Å². The summed E-state index contributed by atoms with van der Waals surface area (Å²) in [6.07, 6.45) is 5.82. The van der Waals surface area contributed by atoms with Gasteiger partial charge < -0.3 is 15.2 Å². The summed E-state index contributed by atoms with van der Waals surface area (Å²) in [5, 5.41) is 15.3. The smallest absolute Gasteiger partial charge is 0.338 e. The summed E-state index contributed by atoms with van der Waals surface area (Å²) in [6, 6.07) is 20.1. The van der Waals surface area contributed by atoms with Crippen LogP contribution in [0.25, 0.3) is 10.9 Å². The molecule has 0 aliphatic carbocycles. The summed E-state index contributed by atoms with van der Waals surface area (Å²) in [5.74, 6) is -0.621. The lowest BCUT2D eigenvalue weighted by molar-refractivity contribution is 0.0498. The topological polar surface area (TPSA) is 71.5 Å². The van der Waals surface area contributed by atoms with Gasteiger partial charge in [0.2, 0.25) is 0 Å². The number of unbranched alkanes of at least 4 members (excludes halogenated alkanes) is 3. The summed E-state index contributed by atoms with van der Waals surface area (Å²) >= 11 is 0. The van der Waals surface area contributed by atoms with Crippen molar-refractivity contribution < 1.29 is 19.0 Å². The predicted molar refractivity (Wildman–Crippen MR) is 136 cm³/mol. The number of benzene rings is 3. The van der Waals surface area contributed by atoms with Crippen LogP contribution >= 0.6 is 0 Å². The third-order valence-electron chi connectivity index (χ3n) is 5.96. The Morgan fingerprint density at radius 3 is 2.51 bits per heavy atom. The van der Waals surface area contributed by atoms with Crippen LogP contribution in [0.1, 0.15) is 60.1 Å². The second kappa shape index (κ2) is 11.5. The van der Waals surface area contributed by atoms with Gasteiger partial charge in [-0.05, 0) is 54.4 Å². The SMILES string of the molecule is CCCCCCOC(=O)c1ccc(NC(c2ccc(F)cc2)c2ccc3cccnc3c2O)cc1. The number of phenols is 1. The number of carbonyl (C=O) groups is 1. The summed E-state index contributed by atoms with van der Waals surface area (Å²) in [4.78, 5) is 16.7. The van der Waals surface area contributed by atoms with Crippen LogP contribution < -0.4 is 5.32 Å². The predicted octanol–water partition coefficient (Wildman–Crippen LogP) is 7.02. The second-order valence-electron chi connectivity index (χ2n) is 8.48. The molecule has 1 heterocycles. The zero-order chi connectivity index (χ0) is 24.6. The molecule has 0 bridgehead atoms. The van der Waals surface area contributed by atoms with Crippen LogP contribution in [0, 0.1) is 5.82 Å². The number of aromatic nitrogens is 1. The van der Waals surface area contributed by atoms with Crippen LogP contribution in [0.3, 0.4) is 0 Å². The average Bonchev–Trinajstić information content (AvgIpc) is 2.89. The molecule has 180 valence electrons. The van der Waals surface area contributed by atoms with Crippen LogP contribution in [0.5, 0.6) is 5.75 Å². The molecule has 5 nitrogen and oxygen atoms in total. The summed E-state index contributed by atoms with van der Waals surface area (Å²) < 4.78 is 19.0.